The summed E-state index contributed by atoms with van der Waals surface area (Å²) in [6, 6.07) is -0.520. The SMILES string of the molecule is CC(C)(C)OC(=O)C[C@H]1C[C@H](F)CCN1C(=O)OC(C)(C)C. The number of nitrogens with zero attached hydrogens (tertiary/aromatic N) is 1. The van der Waals surface area contributed by atoms with Gasteiger partial charge in [0.1, 0.15) is 17.4 Å². The van der Waals surface area contributed by atoms with Gasteiger partial charge in [-0.2, -0.15) is 0 Å². The van der Waals surface area contributed by atoms with Crippen molar-refractivity contribution >= 4 is 12.1 Å². The van der Waals surface area contributed by atoms with E-state index in [1.54, 1.807) is 41.5 Å². The summed E-state index contributed by atoms with van der Waals surface area (Å²) in [6.07, 6.45) is -1.13. The van der Waals surface area contributed by atoms with Crippen LogP contribution in [0.15, 0.2) is 0 Å². The average Bonchev–Trinajstić information content (AvgIpc) is 2.23. The van der Waals surface area contributed by atoms with E-state index in [1.165, 1.54) is 4.90 Å². The van der Waals surface area contributed by atoms with Gasteiger partial charge in [-0.1, -0.05) is 0 Å². The van der Waals surface area contributed by atoms with Crippen LogP contribution in [0.3, 0.4) is 0 Å². The number of rotatable bonds is 2. The summed E-state index contributed by atoms with van der Waals surface area (Å²) in [5, 5.41) is 0. The number of carbonyl (C=O) groups excluding carboxylic acids is 2. The smallest absolute Gasteiger partial charge is 0.410 e. The van der Waals surface area contributed by atoms with Crippen molar-refractivity contribution in [3.63, 3.8) is 0 Å². The van der Waals surface area contributed by atoms with Crippen molar-refractivity contribution in [3.05, 3.63) is 0 Å². The van der Waals surface area contributed by atoms with Gasteiger partial charge in [-0.05, 0) is 54.4 Å². The van der Waals surface area contributed by atoms with Crippen molar-refractivity contribution in [2.45, 2.75) is 84.2 Å². The second-order valence-corrected chi connectivity index (χ2v) is 7.74. The molecule has 0 unspecified atom stereocenters. The number of ether oxygens (including phenoxy) is 2. The molecule has 0 radical (unpaired) electrons. The number of amides is 1. The second-order valence-electron chi connectivity index (χ2n) is 7.74. The largest absolute Gasteiger partial charge is 0.460 e. The third-order valence-electron chi connectivity index (χ3n) is 3.10. The molecule has 1 saturated heterocycles. The van der Waals surface area contributed by atoms with E-state index in [4.69, 9.17) is 9.47 Å². The van der Waals surface area contributed by atoms with Crippen LogP contribution in [0, 0.1) is 0 Å². The normalized spacial score (nSPS) is 23.1. The number of likely N-dealkylation sites (tertiary alicyclic amines) is 1. The Labute approximate surface area is 132 Å². The zero-order chi connectivity index (χ0) is 17.1. The fourth-order valence-corrected chi connectivity index (χ4v) is 2.33. The first kappa shape index (κ1) is 18.7. The lowest BCUT2D eigenvalue weighted by molar-refractivity contribution is -0.156. The van der Waals surface area contributed by atoms with Gasteiger partial charge in [0.15, 0.2) is 0 Å². The zero-order valence-corrected chi connectivity index (χ0v) is 14.4. The summed E-state index contributed by atoms with van der Waals surface area (Å²) in [6.45, 7) is 10.9. The molecule has 0 N–H and O–H groups in total. The summed E-state index contributed by atoms with van der Waals surface area (Å²) in [5.41, 5.74) is -1.22. The van der Waals surface area contributed by atoms with E-state index >= 15 is 0 Å². The molecule has 0 aromatic rings. The predicted octanol–water partition coefficient (Wildman–Crippen LogP) is 3.46. The van der Waals surface area contributed by atoms with Crippen LogP contribution in [0.1, 0.15) is 60.8 Å². The number of esters is 1. The topological polar surface area (TPSA) is 55.8 Å². The van der Waals surface area contributed by atoms with Crippen LogP contribution in [-0.4, -0.2) is 46.9 Å². The van der Waals surface area contributed by atoms with Crippen molar-refractivity contribution in [2.24, 2.45) is 0 Å². The van der Waals surface area contributed by atoms with Gasteiger partial charge in [0, 0.05) is 12.6 Å². The highest BCUT2D eigenvalue weighted by Gasteiger charge is 2.36. The van der Waals surface area contributed by atoms with Crippen LogP contribution >= 0.6 is 0 Å². The molecule has 1 rings (SSSR count). The molecular formula is C16H28FNO4. The molecule has 6 heteroatoms. The number of halogens is 1. The number of hydrogen-bond acceptors (Lipinski definition) is 4. The van der Waals surface area contributed by atoms with Gasteiger partial charge in [-0.3, -0.25) is 4.79 Å². The van der Waals surface area contributed by atoms with Gasteiger partial charge in [0.05, 0.1) is 6.42 Å². The molecule has 0 bridgehead atoms. The molecule has 0 spiro atoms. The number of alkyl halides is 1. The average molecular weight is 317 g/mol. The van der Waals surface area contributed by atoms with Crippen molar-refractivity contribution in [2.75, 3.05) is 6.54 Å². The lowest BCUT2D eigenvalue weighted by Gasteiger charge is -2.37. The summed E-state index contributed by atoms with van der Waals surface area (Å²) in [5.74, 6) is -0.430. The fourth-order valence-electron chi connectivity index (χ4n) is 2.33. The summed E-state index contributed by atoms with van der Waals surface area (Å²) in [7, 11) is 0. The molecule has 0 aromatic heterocycles. The third kappa shape index (κ3) is 6.62. The van der Waals surface area contributed by atoms with Crippen LogP contribution in [-0.2, 0) is 14.3 Å². The first-order chi connectivity index (χ1) is 9.87. The summed E-state index contributed by atoms with van der Waals surface area (Å²) >= 11 is 0. The quantitative estimate of drug-likeness (QED) is 0.732. The van der Waals surface area contributed by atoms with Crippen LogP contribution in [0.4, 0.5) is 9.18 Å². The van der Waals surface area contributed by atoms with Gasteiger partial charge >= 0.3 is 12.1 Å². The minimum absolute atomic E-state index is 0.0169. The van der Waals surface area contributed by atoms with Gasteiger partial charge in [-0.15, -0.1) is 0 Å². The van der Waals surface area contributed by atoms with Gasteiger partial charge in [0.2, 0.25) is 0 Å². The third-order valence-corrected chi connectivity index (χ3v) is 3.10. The lowest BCUT2D eigenvalue weighted by atomic mass is 9.98. The van der Waals surface area contributed by atoms with Crippen LogP contribution < -0.4 is 0 Å². The maximum atomic E-state index is 13.7. The minimum atomic E-state index is -1.01. The molecule has 1 amide bonds. The molecule has 128 valence electrons. The van der Waals surface area contributed by atoms with E-state index in [0.29, 0.717) is 0 Å². The Hall–Kier alpha value is -1.33. The zero-order valence-electron chi connectivity index (χ0n) is 14.4. The summed E-state index contributed by atoms with van der Waals surface area (Å²) < 4.78 is 24.3. The van der Waals surface area contributed by atoms with Crippen LogP contribution in [0.5, 0.6) is 0 Å². The Bertz CT molecular complexity index is 411. The molecule has 1 heterocycles. The maximum absolute atomic E-state index is 13.7. The lowest BCUT2D eigenvalue weighted by Crippen LogP contribution is -2.49. The Morgan fingerprint density at radius 2 is 1.64 bits per heavy atom. The molecule has 0 aliphatic carbocycles. The molecule has 5 nitrogen and oxygen atoms in total. The van der Waals surface area contributed by atoms with Crippen molar-refractivity contribution in [1.82, 2.24) is 4.90 Å². The second kappa shape index (κ2) is 6.84. The van der Waals surface area contributed by atoms with Crippen molar-refractivity contribution < 1.29 is 23.5 Å². The van der Waals surface area contributed by atoms with E-state index < -0.39 is 35.5 Å². The van der Waals surface area contributed by atoms with E-state index in [2.05, 4.69) is 0 Å². The molecule has 0 saturated carbocycles. The highest BCUT2D eigenvalue weighted by Crippen LogP contribution is 2.25. The van der Waals surface area contributed by atoms with E-state index in [-0.39, 0.29) is 25.8 Å². The first-order valence-electron chi connectivity index (χ1n) is 7.73. The van der Waals surface area contributed by atoms with Crippen molar-refractivity contribution in [3.8, 4) is 0 Å². The molecule has 1 aliphatic rings. The number of hydrogen-bond donors (Lipinski definition) is 0. The van der Waals surface area contributed by atoms with E-state index in [0.717, 1.165) is 0 Å². The van der Waals surface area contributed by atoms with E-state index in [1.807, 2.05) is 0 Å². The van der Waals surface area contributed by atoms with Gasteiger partial charge in [-0.25, -0.2) is 9.18 Å². The monoisotopic (exact) mass is 317 g/mol. The molecular weight excluding hydrogens is 289 g/mol. The maximum Gasteiger partial charge on any atom is 0.410 e. The highest BCUT2D eigenvalue weighted by atomic mass is 19.1. The van der Waals surface area contributed by atoms with Crippen LogP contribution in [0.25, 0.3) is 0 Å². The molecule has 0 aromatic carbocycles. The minimum Gasteiger partial charge on any atom is -0.460 e. The Balaban J connectivity index is 2.73. The highest BCUT2D eigenvalue weighted by molar-refractivity contribution is 5.73. The van der Waals surface area contributed by atoms with E-state index in [9.17, 15) is 14.0 Å². The molecule has 22 heavy (non-hydrogen) atoms. The van der Waals surface area contributed by atoms with Gasteiger partial charge in [0.25, 0.3) is 0 Å². The van der Waals surface area contributed by atoms with Crippen molar-refractivity contribution in [1.29, 1.82) is 0 Å². The number of carbonyl (C=O) groups is 2. The molecule has 1 aliphatic heterocycles. The Kier molecular flexibility index (Phi) is 5.82. The summed E-state index contributed by atoms with van der Waals surface area (Å²) in [4.78, 5) is 25.6. The predicted molar refractivity (Wildman–Crippen MR) is 81.3 cm³/mol. The fraction of sp³-hybridized carbons (Fsp3) is 0.875. The van der Waals surface area contributed by atoms with Crippen LogP contribution in [0.2, 0.25) is 0 Å². The molecule has 1 fully saturated rings. The Morgan fingerprint density at radius 1 is 1.09 bits per heavy atom. The standard InChI is InChI=1S/C16H28FNO4/c1-15(2,3)21-13(19)10-12-9-11(17)7-8-18(12)14(20)22-16(4,5)6/h11-12H,7-10H2,1-6H3/t11-,12-/m1/s1. The Morgan fingerprint density at radius 3 is 2.14 bits per heavy atom. The van der Waals surface area contributed by atoms with Gasteiger partial charge < -0.3 is 14.4 Å². The molecule has 2 atom stereocenters. The number of piperidine rings is 1. The first-order valence-corrected chi connectivity index (χ1v) is 7.73.